The molecular formula is C23H29N3O. The van der Waals surface area contributed by atoms with Crippen molar-refractivity contribution in [2.24, 2.45) is 0 Å². The highest BCUT2D eigenvalue weighted by Gasteiger charge is 2.37. The number of piperidine rings is 1. The molecule has 0 aliphatic carbocycles. The van der Waals surface area contributed by atoms with Crippen LogP contribution >= 0.6 is 0 Å². The molecule has 0 saturated carbocycles. The Bertz CT molecular complexity index is 824. The van der Waals surface area contributed by atoms with Gasteiger partial charge in [0.05, 0.1) is 0 Å². The Kier molecular flexibility index (Phi) is 5.00. The van der Waals surface area contributed by atoms with Gasteiger partial charge in [0.15, 0.2) is 0 Å². The van der Waals surface area contributed by atoms with Gasteiger partial charge >= 0.3 is 0 Å². The minimum Gasteiger partial charge on any atom is -0.335 e. The van der Waals surface area contributed by atoms with Gasteiger partial charge in [0.1, 0.15) is 0 Å². The van der Waals surface area contributed by atoms with E-state index in [0.29, 0.717) is 12.1 Å². The Balaban J connectivity index is 1.40. The van der Waals surface area contributed by atoms with Crippen molar-refractivity contribution in [3.63, 3.8) is 0 Å². The Morgan fingerprint density at radius 2 is 1.78 bits per heavy atom. The molecule has 2 saturated heterocycles. The summed E-state index contributed by atoms with van der Waals surface area (Å²) in [5.74, 6) is 0.154. The molecule has 1 unspecified atom stereocenters. The molecule has 4 heteroatoms. The van der Waals surface area contributed by atoms with E-state index in [1.54, 1.807) is 0 Å². The molecular weight excluding hydrogens is 334 g/mol. The van der Waals surface area contributed by atoms with Crippen LogP contribution in [-0.4, -0.2) is 52.4 Å². The highest BCUT2D eigenvalue weighted by atomic mass is 16.2. The van der Waals surface area contributed by atoms with Gasteiger partial charge in [0.25, 0.3) is 5.91 Å². The number of aromatic nitrogens is 1. The third-order valence-electron chi connectivity index (χ3n) is 6.14. The van der Waals surface area contributed by atoms with Crippen LogP contribution in [0.2, 0.25) is 0 Å². The fraction of sp³-hybridized carbons (Fsp3) is 0.478. The molecule has 2 aromatic rings. The first-order valence-corrected chi connectivity index (χ1v) is 10.1. The molecule has 2 aliphatic heterocycles. The van der Waals surface area contributed by atoms with Crippen LogP contribution < -0.4 is 0 Å². The topological polar surface area (TPSA) is 36.4 Å². The first-order valence-electron chi connectivity index (χ1n) is 10.1. The van der Waals surface area contributed by atoms with E-state index in [2.05, 4.69) is 22.9 Å². The molecule has 0 bridgehead atoms. The van der Waals surface area contributed by atoms with E-state index < -0.39 is 0 Å². The van der Waals surface area contributed by atoms with Crippen molar-refractivity contribution in [1.29, 1.82) is 0 Å². The molecule has 1 amide bonds. The Morgan fingerprint density at radius 1 is 1.04 bits per heavy atom. The van der Waals surface area contributed by atoms with Crippen molar-refractivity contribution in [3.05, 3.63) is 53.3 Å². The van der Waals surface area contributed by atoms with Gasteiger partial charge in [-0.3, -0.25) is 14.7 Å². The Hall–Kier alpha value is -2.20. The summed E-state index contributed by atoms with van der Waals surface area (Å²) < 4.78 is 0. The van der Waals surface area contributed by atoms with Gasteiger partial charge in [0.2, 0.25) is 0 Å². The summed E-state index contributed by atoms with van der Waals surface area (Å²) >= 11 is 0. The van der Waals surface area contributed by atoms with Crippen LogP contribution in [0.15, 0.2) is 36.4 Å². The van der Waals surface area contributed by atoms with Crippen LogP contribution in [0, 0.1) is 13.8 Å². The predicted octanol–water partition coefficient (Wildman–Crippen LogP) is 4.06. The second kappa shape index (κ2) is 7.43. The van der Waals surface area contributed by atoms with E-state index in [1.165, 1.54) is 25.8 Å². The summed E-state index contributed by atoms with van der Waals surface area (Å²) in [5, 5.41) is 0. The van der Waals surface area contributed by atoms with Crippen molar-refractivity contribution in [1.82, 2.24) is 14.8 Å². The van der Waals surface area contributed by atoms with Crippen molar-refractivity contribution < 1.29 is 4.79 Å². The summed E-state index contributed by atoms with van der Waals surface area (Å²) in [6, 6.07) is 13.3. The lowest BCUT2D eigenvalue weighted by Crippen LogP contribution is -2.63. The highest BCUT2D eigenvalue weighted by molar-refractivity contribution is 5.95. The van der Waals surface area contributed by atoms with Gasteiger partial charge in [-0.25, -0.2) is 0 Å². The number of pyridine rings is 1. The van der Waals surface area contributed by atoms with Crippen LogP contribution in [-0.2, 0) is 0 Å². The SMILES string of the molecule is Cc1ccc(-c2ccc(C(=O)N3CC(N4CCCCC4C)C3)cc2)c(C)n1. The highest BCUT2D eigenvalue weighted by Crippen LogP contribution is 2.27. The number of carbonyl (C=O) groups excluding carboxylic acids is 1. The number of likely N-dealkylation sites (tertiary alicyclic amines) is 2. The molecule has 27 heavy (non-hydrogen) atoms. The number of rotatable bonds is 3. The normalized spacial score (nSPS) is 21.1. The zero-order valence-electron chi connectivity index (χ0n) is 16.6. The van der Waals surface area contributed by atoms with Crippen LogP contribution in [0.3, 0.4) is 0 Å². The zero-order chi connectivity index (χ0) is 19.0. The average Bonchev–Trinajstić information content (AvgIpc) is 2.62. The van der Waals surface area contributed by atoms with Crippen molar-refractivity contribution in [3.8, 4) is 11.1 Å². The number of benzene rings is 1. The van der Waals surface area contributed by atoms with E-state index in [4.69, 9.17) is 0 Å². The minimum atomic E-state index is 0.154. The number of nitrogens with zero attached hydrogens (tertiary/aromatic N) is 3. The van der Waals surface area contributed by atoms with Crippen molar-refractivity contribution in [2.45, 2.75) is 52.1 Å². The van der Waals surface area contributed by atoms with Crippen LogP contribution in [0.1, 0.15) is 47.9 Å². The lowest BCUT2D eigenvalue weighted by Gasteiger charge is -2.49. The number of hydrogen-bond donors (Lipinski definition) is 0. The summed E-state index contributed by atoms with van der Waals surface area (Å²) in [6.45, 7) is 9.28. The zero-order valence-corrected chi connectivity index (χ0v) is 16.6. The van der Waals surface area contributed by atoms with E-state index >= 15 is 0 Å². The number of carbonyl (C=O) groups is 1. The first-order chi connectivity index (χ1) is 13.0. The molecule has 1 aromatic carbocycles. The van der Waals surface area contributed by atoms with E-state index in [-0.39, 0.29) is 5.91 Å². The van der Waals surface area contributed by atoms with Crippen LogP contribution in [0.25, 0.3) is 11.1 Å². The standard InChI is InChI=1S/C23H29N3O/c1-16-7-12-22(18(3)24-16)19-8-10-20(11-9-19)23(27)25-14-21(15-25)26-13-5-4-6-17(26)2/h7-12,17,21H,4-6,13-15H2,1-3H3. The summed E-state index contributed by atoms with van der Waals surface area (Å²) in [6.07, 6.45) is 3.93. The number of amides is 1. The van der Waals surface area contributed by atoms with Crippen molar-refractivity contribution >= 4 is 5.91 Å². The van der Waals surface area contributed by atoms with Gasteiger partial charge < -0.3 is 4.90 Å². The largest absolute Gasteiger partial charge is 0.335 e. The molecule has 2 fully saturated rings. The number of hydrogen-bond acceptors (Lipinski definition) is 3. The smallest absolute Gasteiger partial charge is 0.253 e. The fourth-order valence-electron chi connectivity index (χ4n) is 4.46. The average molecular weight is 364 g/mol. The van der Waals surface area contributed by atoms with Gasteiger partial charge in [-0.1, -0.05) is 24.6 Å². The third kappa shape index (κ3) is 3.63. The molecule has 1 aromatic heterocycles. The predicted molar refractivity (Wildman–Crippen MR) is 109 cm³/mol. The van der Waals surface area contributed by atoms with Crippen LogP contribution in [0.5, 0.6) is 0 Å². The molecule has 0 radical (unpaired) electrons. The summed E-state index contributed by atoms with van der Waals surface area (Å²) in [7, 11) is 0. The molecule has 4 nitrogen and oxygen atoms in total. The minimum absolute atomic E-state index is 0.154. The Morgan fingerprint density at radius 3 is 2.44 bits per heavy atom. The molecule has 0 spiro atoms. The third-order valence-corrected chi connectivity index (χ3v) is 6.14. The van der Waals surface area contributed by atoms with E-state index in [1.807, 2.05) is 49.1 Å². The maximum Gasteiger partial charge on any atom is 0.253 e. The van der Waals surface area contributed by atoms with E-state index in [9.17, 15) is 4.79 Å². The molecule has 1 atom stereocenters. The lowest BCUT2D eigenvalue weighted by atomic mass is 9.96. The molecule has 0 N–H and O–H groups in total. The quantitative estimate of drug-likeness (QED) is 0.825. The van der Waals surface area contributed by atoms with E-state index in [0.717, 1.165) is 41.2 Å². The summed E-state index contributed by atoms with van der Waals surface area (Å²) in [5.41, 5.74) is 5.07. The fourth-order valence-corrected chi connectivity index (χ4v) is 4.46. The molecule has 142 valence electrons. The first kappa shape index (κ1) is 18.2. The maximum absolute atomic E-state index is 12.8. The second-order valence-electron chi connectivity index (χ2n) is 8.11. The van der Waals surface area contributed by atoms with Gasteiger partial charge in [-0.15, -0.1) is 0 Å². The van der Waals surface area contributed by atoms with Gasteiger partial charge in [-0.2, -0.15) is 0 Å². The lowest BCUT2D eigenvalue weighted by molar-refractivity contribution is 0.00213. The number of aryl methyl sites for hydroxylation is 2. The van der Waals surface area contributed by atoms with Crippen molar-refractivity contribution in [2.75, 3.05) is 19.6 Å². The monoisotopic (exact) mass is 363 g/mol. The van der Waals surface area contributed by atoms with Crippen LogP contribution in [0.4, 0.5) is 0 Å². The van der Waals surface area contributed by atoms with Gasteiger partial charge in [-0.05, 0) is 63.9 Å². The Labute approximate surface area is 162 Å². The van der Waals surface area contributed by atoms with Gasteiger partial charge in [0, 0.05) is 47.7 Å². The summed E-state index contributed by atoms with van der Waals surface area (Å²) in [4.78, 5) is 21.9. The second-order valence-corrected chi connectivity index (χ2v) is 8.11. The molecule has 3 heterocycles. The molecule has 2 aliphatic rings. The molecule has 4 rings (SSSR count). The maximum atomic E-state index is 12.8.